The van der Waals surface area contributed by atoms with E-state index in [1.54, 1.807) is 6.92 Å². The van der Waals surface area contributed by atoms with Crippen LogP contribution in [-0.2, 0) is 6.42 Å². The van der Waals surface area contributed by atoms with Crippen LogP contribution in [-0.4, -0.2) is 16.1 Å². The van der Waals surface area contributed by atoms with Gasteiger partial charge in [0.2, 0.25) is 0 Å². The lowest BCUT2D eigenvalue weighted by Crippen LogP contribution is -2.15. The Morgan fingerprint density at radius 3 is 2.75 bits per heavy atom. The molecule has 20 heavy (non-hydrogen) atoms. The van der Waals surface area contributed by atoms with Crippen LogP contribution in [0.25, 0.3) is 11.3 Å². The van der Waals surface area contributed by atoms with Gasteiger partial charge in [-0.3, -0.25) is 4.79 Å². The molecule has 1 aromatic carbocycles. The Hall–Kier alpha value is -2.10. The Morgan fingerprint density at radius 2 is 2.10 bits per heavy atom. The number of H-pyrrole nitrogens is 1. The summed E-state index contributed by atoms with van der Waals surface area (Å²) in [5.41, 5.74) is 2.17. The first-order chi connectivity index (χ1) is 9.51. The minimum Gasteiger partial charge on any atom is -0.491 e. The number of hydrogen-bond acceptors (Lipinski definition) is 3. The van der Waals surface area contributed by atoms with Crippen LogP contribution in [0.2, 0.25) is 0 Å². The summed E-state index contributed by atoms with van der Waals surface area (Å²) in [4.78, 5) is 19.2. The average molecular weight is 272 g/mol. The molecule has 0 aliphatic carbocycles. The number of aromatic amines is 1. The van der Waals surface area contributed by atoms with Crippen molar-refractivity contribution in [1.29, 1.82) is 0 Å². The maximum absolute atomic E-state index is 11.9. The third kappa shape index (κ3) is 3.07. The van der Waals surface area contributed by atoms with Gasteiger partial charge in [0.25, 0.3) is 5.56 Å². The topological polar surface area (TPSA) is 55.0 Å². The van der Waals surface area contributed by atoms with E-state index in [4.69, 9.17) is 4.74 Å². The first kappa shape index (κ1) is 14.3. The SMILES string of the molecule is CCc1nc(-c2cccc(OC(C)C)c2)c(C)c(=O)[nH]1. The zero-order valence-electron chi connectivity index (χ0n) is 12.4. The van der Waals surface area contributed by atoms with Crippen molar-refractivity contribution >= 4 is 0 Å². The van der Waals surface area contributed by atoms with E-state index >= 15 is 0 Å². The van der Waals surface area contributed by atoms with Gasteiger partial charge in [-0.25, -0.2) is 4.98 Å². The summed E-state index contributed by atoms with van der Waals surface area (Å²) < 4.78 is 5.69. The summed E-state index contributed by atoms with van der Waals surface area (Å²) in [7, 11) is 0. The maximum Gasteiger partial charge on any atom is 0.254 e. The minimum atomic E-state index is -0.0815. The van der Waals surface area contributed by atoms with Crippen LogP contribution in [0.3, 0.4) is 0 Å². The number of aryl methyl sites for hydroxylation is 1. The summed E-state index contributed by atoms with van der Waals surface area (Å²) in [5, 5.41) is 0. The molecule has 0 aliphatic rings. The van der Waals surface area contributed by atoms with Crippen molar-refractivity contribution in [3.05, 3.63) is 46.0 Å². The molecule has 0 spiro atoms. The molecule has 0 fully saturated rings. The normalized spacial score (nSPS) is 10.8. The summed E-state index contributed by atoms with van der Waals surface area (Å²) in [5.74, 6) is 1.49. The molecule has 4 nitrogen and oxygen atoms in total. The zero-order chi connectivity index (χ0) is 14.7. The second-order valence-corrected chi connectivity index (χ2v) is 5.03. The van der Waals surface area contributed by atoms with Crippen LogP contribution in [0.4, 0.5) is 0 Å². The molecule has 0 bridgehead atoms. The van der Waals surface area contributed by atoms with Gasteiger partial charge in [0.1, 0.15) is 11.6 Å². The van der Waals surface area contributed by atoms with E-state index in [9.17, 15) is 4.79 Å². The van der Waals surface area contributed by atoms with Gasteiger partial charge in [0.05, 0.1) is 11.8 Å². The fraction of sp³-hybridized carbons (Fsp3) is 0.375. The predicted molar refractivity (Wildman–Crippen MR) is 80.2 cm³/mol. The van der Waals surface area contributed by atoms with Crippen molar-refractivity contribution in [2.75, 3.05) is 0 Å². The maximum atomic E-state index is 11.9. The highest BCUT2D eigenvalue weighted by Crippen LogP contribution is 2.24. The summed E-state index contributed by atoms with van der Waals surface area (Å²) in [6.07, 6.45) is 0.815. The van der Waals surface area contributed by atoms with Crippen molar-refractivity contribution in [3.63, 3.8) is 0 Å². The summed E-state index contributed by atoms with van der Waals surface area (Å²) in [6, 6.07) is 7.70. The number of nitrogens with one attached hydrogen (secondary N) is 1. The molecule has 0 aliphatic heterocycles. The average Bonchev–Trinajstić information content (AvgIpc) is 2.41. The fourth-order valence-corrected chi connectivity index (χ4v) is 2.02. The lowest BCUT2D eigenvalue weighted by Gasteiger charge is -2.12. The monoisotopic (exact) mass is 272 g/mol. The van der Waals surface area contributed by atoms with Crippen LogP contribution in [0, 0.1) is 6.92 Å². The molecule has 2 aromatic rings. The molecule has 4 heteroatoms. The molecule has 1 N–H and O–H groups in total. The smallest absolute Gasteiger partial charge is 0.254 e. The van der Waals surface area contributed by atoms with Crippen molar-refractivity contribution in [3.8, 4) is 17.0 Å². The second kappa shape index (κ2) is 5.90. The third-order valence-electron chi connectivity index (χ3n) is 3.01. The lowest BCUT2D eigenvalue weighted by molar-refractivity contribution is 0.242. The number of hydrogen-bond donors (Lipinski definition) is 1. The first-order valence-corrected chi connectivity index (χ1v) is 6.88. The quantitative estimate of drug-likeness (QED) is 0.930. The van der Waals surface area contributed by atoms with Crippen molar-refractivity contribution < 1.29 is 4.74 Å². The molecule has 1 heterocycles. The van der Waals surface area contributed by atoms with Gasteiger partial charge in [-0.1, -0.05) is 19.1 Å². The predicted octanol–water partition coefficient (Wildman–Crippen LogP) is 3.09. The van der Waals surface area contributed by atoms with Gasteiger partial charge in [0.15, 0.2) is 0 Å². The molecule has 0 unspecified atom stereocenters. The van der Waals surface area contributed by atoms with E-state index in [1.807, 2.05) is 45.0 Å². The van der Waals surface area contributed by atoms with Crippen LogP contribution in [0.5, 0.6) is 5.75 Å². The molecule has 0 radical (unpaired) electrons. The number of aromatic nitrogens is 2. The lowest BCUT2D eigenvalue weighted by atomic mass is 10.1. The highest BCUT2D eigenvalue weighted by Gasteiger charge is 2.10. The van der Waals surface area contributed by atoms with E-state index in [-0.39, 0.29) is 11.7 Å². The Kier molecular flexibility index (Phi) is 4.23. The molecular formula is C16H20N2O2. The molecular weight excluding hydrogens is 252 g/mol. The number of nitrogens with zero attached hydrogens (tertiary/aromatic N) is 1. The Labute approximate surface area is 118 Å². The standard InChI is InChI=1S/C16H20N2O2/c1-5-14-17-15(11(4)16(19)18-14)12-7-6-8-13(9-12)20-10(2)3/h6-10H,5H2,1-4H3,(H,17,18,19). The Morgan fingerprint density at radius 1 is 1.35 bits per heavy atom. The largest absolute Gasteiger partial charge is 0.491 e. The number of rotatable bonds is 4. The molecule has 0 atom stereocenters. The summed E-state index contributed by atoms with van der Waals surface area (Å²) in [6.45, 7) is 7.73. The Balaban J connectivity index is 2.51. The Bertz CT molecular complexity index is 660. The summed E-state index contributed by atoms with van der Waals surface area (Å²) >= 11 is 0. The van der Waals surface area contributed by atoms with Gasteiger partial charge in [-0.15, -0.1) is 0 Å². The number of benzene rings is 1. The highest BCUT2D eigenvalue weighted by molar-refractivity contribution is 5.64. The van der Waals surface area contributed by atoms with Gasteiger partial charge in [0, 0.05) is 17.5 Å². The van der Waals surface area contributed by atoms with Gasteiger partial charge in [-0.05, 0) is 32.9 Å². The van der Waals surface area contributed by atoms with Crippen molar-refractivity contribution in [1.82, 2.24) is 9.97 Å². The number of ether oxygens (including phenoxy) is 1. The zero-order valence-corrected chi connectivity index (χ0v) is 12.4. The van der Waals surface area contributed by atoms with Crippen LogP contribution < -0.4 is 10.3 Å². The first-order valence-electron chi connectivity index (χ1n) is 6.88. The second-order valence-electron chi connectivity index (χ2n) is 5.03. The van der Waals surface area contributed by atoms with Crippen LogP contribution >= 0.6 is 0 Å². The van der Waals surface area contributed by atoms with E-state index in [2.05, 4.69) is 9.97 Å². The van der Waals surface area contributed by atoms with E-state index in [1.165, 1.54) is 0 Å². The third-order valence-corrected chi connectivity index (χ3v) is 3.01. The van der Waals surface area contributed by atoms with E-state index in [0.29, 0.717) is 17.8 Å². The van der Waals surface area contributed by atoms with Crippen LogP contribution in [0.15, 0.2) is 29.1 Å². The molecule has 0 amide bonds. The van der Waals surface area contributed by atoms with E-state index < -0.39 is 0 Å². The van der Waals surface area contributed by atoms with Gasteiger partial charge in [-0.2, -0.15) is 0 Å². The van der Waals surface area contributed by atoms with Gasteiger partial charge >= 0.3 is 0 Å². The van der Waals surface area contributed by atoms with E-state index in [0.717, 1.165) is 17.0 Å². The van der Waals surface area contributed by atoms with Crippen molar-refractivity contribution in [2.24, 2.45) is 0 Å². The van der Waals surface area contributed by atoms with Crippen molar-refractivity contribution in [2.45, 2.75) is 40.2 Å². The molecule has 1 aromatic heterocycles. The molecule has 0 saturated heterocycles. The molecule has 2 rings (SSSR count). The van der Waals surface area contributed by atoms with Crippen LogP contribution in [0.1, 0.15) is 32.2 Å². The molecule has 106 valence electrons. The molecule has 0 saturated carbocycles. The highest BCUT2D eigenvalue weighted by atomic mass is 16.5. The minimum absolute atomic E-state index is 0.0815. The van der Waals surface area contributed by atoms with Gasteiger partial charge < -0.3 is 9.72 Å². The fourth-order valence-electron chi connectivity index (χ4n) is 2.02.